The lowest BCUT2D eigenvalue weighted by molar-refractivity contribution is -0.111. The summed E-state index contributed by atoms with van der Waals surface area (Å²) in [7, 11) is 0. The quantitative estimate of drug-likeness (QED) is 0.556. The molecule has 0 atom stereocenters. The van der Waals surface area contributed by atoms with Crippen molar-refractivity contribution in [1.82, 2.24) is 0 Å². The molecule has 0 radical (unpaired) electrons. The van der Waals surface area contributed by atoms with Crippen molar-refractivity contribution < 1.29 is 18.0 Å². The number of halogens is 4. The third kappa shape index (κ3) is 2.07. The Labute approximate surface area is 83.5 Å². The molecule has 1 nitrogen and oxygen atoms in total. The minimum atomic E-state index is -1.35. The summed E-state index contributed by atoms with van der Waals surface area (Å²) in [5, 5.41) is -0.939. The van der Waals surface area contributed by atoms with E-state index in [4.69, 9.17) is 11.6 Å². The van der Waals surface area contributed by atoms with E-state index in [-0.39, 0.29) is 5.56 Å². The van der Waals surface area contributed by atoms with E-state index < -0.39 is 34.7 Å². The van der Waals surface area contributed by atoms with Crippen LogP contribution in [0.25, 0.3) is 0 Å². The van der Waals surface area contributed by atoms with Crippen molar-refractivity contribution in [2.45, 2.75) is 13.3 Å². The first kappa shape index (κ1) is 11.0. The zero-order valence-electron chi connectivity index (χ0n) is 7.20. The smallest absolute Gasteiger partial charge is 0.226 e. The second kappa shape index (κ2) is 4.00. The average molecular weight is 223 g/mol. The molecule has 0 amide bonds. The van der Waals surface area contributed by atoms with Gasteiger partial charge in [0.1, 0.15) is 5.82 Å². The minimum Gasteiger partial charge on any atom is -0.281 e. The summed E-state index contributed by atoms with van der Waals surface area (Å²) in [5.41, 5.74) is -0.779. The number of carbonyl (C=O) groups excluding carboxylic acids is 1. The molecule has 0 aliphatic heterocycles. The number of rotatable bonds is 2. The van der Waals surface area contributed by atoms with E-state index in [0.29, 0.717) is 0 Å². The molecule has 5 heteroatoms. The largest absolute Gasteiger partial charge is 0.281 e. The van der Waals surface area contributed by atoms with Crippen LogP contribution in [0.2, 0.25) is 0 Å². The molecule has 0 aliphatic carbocycles. The summed E-state index contributed by atoms with van der Waals surface area (Å²) in [6.45, 7) is 1.23. The lowest BCUT2D eigenvalue weighted by Gasteiger charge is -2.05. The van der Waals surface area contributed by atoms with Gasteiger partial charge >= 0.3 is 0 Å². The maximum Gasteiger partial charge on any atom is 0.226 e. The summed E-state index contributed by atoms with van der Waals surface area (Å²) >= 11 is 4.95. The van der Waals surface area contributed by atoms with Crippen molar-refractivity contribution in [3.8, 4) is 0 Å². The van der Waals surface area contributed by atoms with Crippen LogP contribution in [0, 0.1) is 24.4 Å². The van der Waals surface area contributed by atoms with E-state index in [2.05, 4.69) is 0 Å². The highest BCUT2D eigenvalue weighted by Crippen LogP contribution is 2.20. The summed E-state index contributed by atoms with van der Waals surface area (Å²) in [5.74, 6) is -3.47. The number of aryl methyl sites for hydroxylation is 1. The molecule has 14 heavy (non-hydrogen) atoms. The van der Waals surface area contributed by atoms with E-state index in [1.807, 2.05) is 0 Å². The molecule has 0 spiro atoms. The van der Waals surface area contributed by atoms with E-state index in [9.17, 15) is 18.0 Å². The minimum absolute atomic E-state index is 0.147. The van der Waals surface area contributed by atoms with Gasteiger partial charge < -0.3 is 0 Å². The molecule has 1 aromatic carbocycles. The molecule has 0 fully saturated rings. The van der Waals surface area contributed by atoms with E-state index >= 15 is 0 Å². The third-order valence-corrected chi connectivity index (χ3v) is 1.88. The van der Waals surface area contributed by atoms with Crippen molar-refractivity contribution in [3.63, 3.8) is 0 Å². The standard InChI is InChI=1S/C9H6ClF3O/c1-4-2-6(11)5(3-7(10)14)9(13)8(4)12/h2H,3H2,1H3. The molecule has 0 saturated heterocycles. The van der Waals surface area contributed by atoms with Gasteiger partial charge in [0.2, 0.25) is 5.24 Å². The van der Waals surface area contributed by atoms with Gasteiger partial charge in [-0.2, -0.15) is 0 Å². The normalized spacial score (nSPS) is 10.4. The highest BCUT2D eigenvalue weighted by molar-refractivity contribution is 6.63. The fourth-order valence-electron chi connectivity index (χ4n) is 1.05. The van der Waals surface area contributed by atoms with Crippen LogP contribution >= 0.6 is 11.6 Å². The molecule has 0 heterocycles. The lowest BCUT2D eigenvalue weighted by atomic mass is 10.1. The lowest BCUT2D eigenvalue weighted by Crippen LogP contribution is -2.05. The SMILES string of the molecule is Cc1cc(F)c(CC(=O)Cl)c(F)c1F. The highest BCUT2D eigenvalue weighted by atomic mass is 35.5. The maximum atomic E-state index is 13.1. The van der Waals surface area contributed by atoms with E-state index in [1.165, 1.54) is 6.92 Å². The van der Waals surface area contributed by atoms with Gasteiger partial charge in [0.05, 0.1) is 6.42 Å². The Hall–Kier alpha value is -1.03. The van der Waals surface area contributed by atoms with Gasteiger partial charge in [0, 0.05) is 5.56 Å². The third-order valence-electron chi connectivity index (χ3n) is 1.75. The number of carbonyl (C=O) groups is 1. The molecule has 1 aromatic rings. The molecular weight excluding hydrogens is 217 g/mol. The molecule has 0 aliphatic rings. The van der Waals surface area contributed by atoms with Crippen LogP contribution in [0.3, 0.4) is 0 Å². The first-order valence-electron chi connectivity index (χ1n) is 3.74. The van der Waals surface area contributed by atoms with Crippen LogP contribution in [-0.4, -0.2) is 5.24 Å². The second-order valence-corrected chi connectivity index (χ2v) is 3.24. The van der Waals surface area contributed by atoms with Gasteiger partial charge in [-0.1, -0.05) is 0 Å². The summed E-state index contributed by atoms with van der Waals surface area (Å²) in [6, 6.07) is 0.827. The molecule has 76 valence electrons. The summed E-state index contributed by atoms with van der Waals surface area (Å²) in [4.78, 5) is 10.4. The van der Waals surface area contributed by atoms with E-state index in [0.717, 1.165) is 6.07 Å². The first-order valence-corrected chi connectivity index (χ1v) is 4.12. The molecule has 0 aromatic heterocycles. The molecule has 0 saturated carbocycles. The Morgan fingerprint density at radius 2 is 1.93 bits per heavy atom. The molecule has 1 rings (SSSR count). The Morgan fingerprint density at radius 3 is 2.43 bits per heavy atom. The van der Waals surface area contributed by atoms with Gasteiger partial charge in [0.25, 0.3) is 0 Å². The van der Waals surface area contributed by atoms with Crippen LogP contribution in [0.5, 0.6) is 0 Å². The van der Waals surface area contributed by atoms with Gasteiger partial charge in [-0.3, -0.25) is 4.79 Å². The molecular formula is C9H6ClF3O. The predicted octanol–water partition coefficient (Wildman–Crippen LogP) is 2.72. The van der Waals surface area contributed by atoms with Crippen molar-refractivity contribution in [1.29, 1.82) is 0 Å². The van der Waals surface area contributed by atoms with Crippen LogP contribution in [0.1, 0.15) is 11.1 Å². The van der Waals surface area contributed by atoms with E-state index in [1.54, 1.807) is 0 Å². The molecule has 0 N–H and O–H groups in total. The van der Waals surface area contributed by atoms with Crippen LogP contribution in [0.15, 0.2) is 6.07 Å². The molecule has 0 bridgehead atoms. The fraction of sp³-hybridized carbons (Fsp3) is 0.222. The number of hydrogen-bond donors (Lipinski definition) is 0. The Bertz CT molecular complexity index is 390. The van der Waals surface area contributed by atoms with Gasteiger partial charge in [-0.05, 0) is 30.2 Å². The topological polar surface area (TPSA) is 17.1 Å². The van der Waals surface area contributed by atoms with Crippen LogP contribution in [0.4, 0.5) is 13.2 Å². The van der Waals surface area contributed by atoms with Crippen molar-refractivity contribution in [2.75, 3.05) is 0 Å². The number of hydrogen-bond acceptors (Lipinski definition) is 1. The summed E-state index contributed by atoms with van der Waals surface area (Å²) in [6.07, 6.45) is -0.656. The Balaban J connectivity index is 3.29. The zero-order chi connectivity index (χ0) is 10.9. The first-order chi connectivity index (χ1) is 6.43. The predicted molar refractivity (Wildman–Crippen MR) is 45.6 cm³/mol. The van der Waals surface area contributed by atoms with Crippen molar-refractivity contribution >= 4 is 16.8 Å². The van der Waals surface area contributed by atoms with Gasteiger partial charge in [-0.25, -0.2) is 13.2 Å². The highest BCUT2D eigenvalue weighted by Gasteiger charge is 2.18. The summed E-state index contributed by atoms with van der Waals surface area (Å²) < 4.78 is 39.0. The Morgan fingerprint density at radius 1 is 1.36 bits per heavy atom. The van der Waals surface area contributed by atoms with Gasteiger partial charge in [0.15, 0.2) is 11.6 Å². The zero-order valence-corrected chi connectivity index (χ0v) is 7.96. The number of benzene rings is 1. The molecule has 0 unspecified atom stereocenters. The van der Waals surface area contributed by atoms with Crippen molar-refractivity contribution in [3.05, 3.63) is 34.6 Å². The van der Waals surface area contributed by atoms with Crippen LogP contribution in [-0.2, 0) is 11.2 Å². The fourth-order valence-corrected chi connectivity index (χ4v) is 1.19. The van der Waals surface area contributed by atoms with Crippen LogP contribution < -0.4 is 0 Å². The maximum absolute atomic E-state index is 13.1. The Kier molecular flexibility index (Phi) is 3.16. The second-order valence-electron chi connectivity index (χ2n) is 2.81. The van der Waals surface area contributed by atoms with Crippen molar-refractivity contribution in [2.24, 2.45) is 0 Å². The van der Waals surface area contributed by atoms with Gasteiger partial charge in [-0.15, -0.1) is 0 Å². The average Bonchev–Trinajstić information content (AvgIpc) is 2.09. The monoisotopic (exact) mass is 222 g/mol.